The van der Waals surface area contributed by atoms with Crippen molar-refractivity contribution in [2.24, 2.45) is 0 Å². The van der Waals surface area contributed by atoms with Crippen LogP contribution in [0, 0.1) is 0 Å². The Bertz CT molecular complexity index is 95.7. The maximum absolute atomic E-state index is 8.89. The van der Waals surface area contributed by atoms with Gasteiger partial charge in [-0.3, -0.25) is 4.21 Å². The third kappa shape index (κ3) is 1560. The molecule has 0 aromatic rings. The van der Waals surface area contributed by atoms with Gasteiger partial charge in [0.15, 0.2) is 0 Å². The van der Waals surface area contributed by atoms with E-state index in [-0.39, 0.29) is 55.9 Å². The molecule has 0 rings (SSSR count). The van der Waals surface area contributed by atoms with E-state index < -0.39 is 9.05 Å². The first-order valence-electron chi connectivity index (χ1n) is 0.667. The van der Waals surface area contributed by atoms with Crippen LogP contribution in [-0.4, -0.2) is 69.2 Å². The molecular weight excluding hydrogens is 232 g/mol. The molecule has 0 spiro atoms. The summed E-state index contributed by atoms with van der Waals surface area (Å²) in [5.41, 5.74) is 0. The summed E-state index contributed by atoms with van der Waals surface area (Å²) in [6, 6.07) is 0. The Balaban J connectivity index is -0.00000000381. The van der Waals surface area contributed by atoms with Crippen molar-refractivity contribution in [3.05, 3.63) is 0 Å². The fraction of sp³-hybridized carbons (Fsp3) is 0. The summed E-state index contributed by atoms with van der Waals surface area (Å²) in [5, 5.41) is 0. The third-order valence-electron chi connectivity index (χ3n) is 0. The Labute approximate surface area is 89.5 Å². The molecule has 0 aliphatic rings. The van der Waals surface area contributed by atoms with E-state index in [0.29, 0.717) is 0 Å². The summed E-state index contributed by atoms with van der Waals surface area (Å²) in [6.45, 7) is 0. The van der Waals surface area contributed by atoms with Crippen LogP contribution in [0.4, 0.5) is 0 Å². The molecule has 12 heteroatoms. The maximum atomic E-state index is 8.89. The van der Waals surface area contributed by atoms with Gasteiger partial charge in [-0.1, -0.05) is 0 Å². The summed E-state index contributed by atoms with van der Waals surface area (Å²) in [6.07, 6.45) is 0. The van der Waals surface area contributed by atoms with Gasteiger partial charge in [0, 0.05) is 0 Å². The molecule has 0 aliphatic carbocycles. The van der Waals surface area contributed by atoms with Crippen LogP contribution in [0.3, 0.4) is 0 Å². The zero-order valence-corrected chi connectivity index (χ0v) is 8.48. The van der Waals surface area contributed by atoms with Gasteiger partial charge in [0.05, 0.1) is 0 Å². The number of hydrogen-bond acceptors (Lipinski definition) is 10. The van der Waals surface area contributed by atoms with E-state index in [4.69, 9.17) is 13.3 Å². The van der Waals surface area contributed by atoms with Crippen LogP contribution >= 0.6 is 0 Å². The number of hydrogen-bond donors (Lipinski definition) is 0. The van der Waals surface area contributed by atoms with Gasteiger partial charge in [0.25, 0.3) is 0 Å². The maximum Gasteiger partial charge on any atom is 2.00 e. The molecule has 0 fully saturated rings. The second-order valence-electron chi connectivity index (χ2n) is 0.408. The molecule has 6 N–H and O–H groups in total. The minimum atomic E-state index is -4.33. The smallest absolute Gasteiger partial charge is 0.870 e. The van der Waals surface area contributed by atoms with Gasteiger partial charge in [-0.25, -0.2) is 0 Å². The van der Waals surface area contributed by atoms with Gasteiger partial charge in [0.2, 0.25) is 0 Å². The Hall–Kier alpha value is 0.816. The van der Waals surface area contributed by atoms with Crippen LogP contribution in [0.25, 0.3) is 0 Å². The van der Waals surface area contributed by atoms with Crippen LogP contribution in [-0.2, 0) is 20.2 Å². The van der Waals surface area contributed by atoms with E-state index in [1.54, 1.807) is 0 Å². The predicted octanol–water partition coefficient (Wildman–Crippen LogP) is -2.45. The van der Waals surface area contributed by atoms with Gasteiger partial charge in [0.1, 0.15) is 0 Å². The minimum absolute atomic E-state index is 0. The molecule has 9 nitrogen and oxygen atoms in total. The van der Waals surface area contributed by atoms with E-state index in [0.717, 1.165) is 0 Å². The van der Waals surface area contributed by atoms with E-state index in [1.165, 1.54) is 0 Å². The molecule has 0 aliphatic heterocycles. The fourth-order valence-electron chi connectivity index (χ4n) is 0. The van der Waals surface area contributed by atoms with E-state index in [2.05, 4.69) is 11.2 Å². The van der Waals surface area contributed by atoms with Crippen molar-refractivity contribution < 1.29 is 46.2 Å². The summed E-state index contributed by atoms with van der Waals surface area (Å²) in [7, 11) is -4.33. The minimum Gasteiger partial charge on any atom is -0.870 e. The summed E-state index contributed by atoms with van der Waals surface area (Å²) in [4.78, 5) is 0. The number of rotatable bonds is 0. The largest absolute Gasteiger partial charge is 2.00 e. The van der Waals surface area contributed by atoms with Gasteiger partial charge in [-0.05, 0) is 11.2 Å². The van der Waals surface area contributed by atoms with E-state index >= 15 is 0 Å². The molecule has 0 unspecified atom stereocenters. The fourth-order valence-corrected chi connectivity index (χ4v) is 0. The van der Waals surface area contributed by atoms with Crippen LogP contribution in [0.15, 0.2) is 0 Å². The Kier molecular flexibility index (Phi) is 191. The summed E-state index contributed by atoms with van der Waals surface area (Å²) < 4.78 is 26.7. The summed E-state index contributed by atoms with van der Waals surface area (Å²) >= 11 is 3.24. The molecule has 0 radical (unpaired) electrons. The Morgan fingerprint density at radius 3 is 0.833 bits per heavy atom. The Morgan fingerprint density at radius 1 is 0.833 bits per heavy atom. The molecule has 80 valence electrons. The molecular formula is H6MgO9S2-6. The van der Waals surface area contributed by atoms with Crippen molar-refractivity contribution in [3.8, 4) is 0 Å². The molecule has 0 amide bonds. The van der Waals surface area contributed by atoms with Crippen LogP contribution in [0.1, 0.15) is 0 Å². The SMILES string of the molecule is O=S([O-])([O-])=S.[Mg+2].[OH-].[OH-].[OH-].[OH-].[OH-].[OH-]. The Morgan fingerprint density at radius 2 is 0.833 bits per heavy atom. The quantitative estimate of drug-likeness (QED) is 0.403. The van der Waals surface area contributed by atoms with Crippen molar-refractivity contribution in [2.75, 3.05) is 0 Å². The monoisotopic (exact) mass is 238 g/mol. The molecule has 0 saturated heterocycles. The molecule has 0 atom stereocenters. The topological polar surface area (TPSA) is 243 Å². The van der Waals surface area contributed by atoms with Crippen molar-refractivity contribution in [1.82, 2.24) is 0 Å². The van der Waals surface area contributed by atoms with Crippen molar-refractivity contribution >= 4 is 43.3 Å². The first-order chi connectivity index (χ1) is 2.00. The second-order valence-corrected chi connectivity index (χ2v) is 2.45. The molecule has 0 aromatic carbocycles. The standard InChI is InChI=1S/Mg.H2O3S2.6H2O/c;1-5(2,3)4;;;;;;/h;(H2,1,2,3,4);6*1H2/q+2;;;;;;;/p-8. The summed E-state index contributed by atoms with van der Waals surface area (Å²) in [5.74, 6) is 0. The normalized spacial score (nSPS) is 4.83. The molecule has 0 saturated carbocycles. The molecule has 12 heavy (non-hydrogen) atoms. The van der Waals surface area contributed by atoms with E-state index in [1.807, 2.05) is 0 Å². The van der Waals surface area contributed by atoms with Gasteiger partial charge < -0.3 is 42.0 Å². The van der Waals surface area contributed by atoms with Crippen LogP contribution in [0.2, 0.25) is 0 Å². The van der Waals surface area contributed by atoms with Crippen LogP contribution < -0.4 is 0 Å². The van der Waals surface area contributed by atoms with Gasteiger partial charge >= 0.3 is 23.1 Å². The van der Waals surface area contributed by atoms with Crippen LogP contribution in [0.5, 0.6) is 0 Å². The zero-order valence-electron chi connectivity index (χ0n) is 5.43. The molecule has 0 bridgehead atoms. The van der Waals surface area contributed by atoms with Gasteiger partial charge in [-0.2, -0.15) is 0 Å². The predicted molar refractivity (Wildman–Crippen MR) is 34.4 cm³/mol. The van der Waals surface area contributed by atoms with Crippen molar-refractivity contribution in [3.63, 3.8) is 0 Å². The molecule has 0 heterocycles. The van der Waals surface area contributed by atoms with Crippen molar-refractivity contribution in [1.29, 1.82) is 0 Å². The third-order valence-corrected chi connectivity index (χ3v) is 0. The van der Waals surface area contributed by atoms with Gasteiger partial charge in [-0.15, -0.1) is 9.05 Å². The molecule has 0 aromatic heterocycles. The van der Waals surface area contributed by atoms with Crippen molar-refractivity contribution in [2.45, 2.75) is 0 Å². The average Bonchev–Trinajstić information content (AvgIpc) is 0.722. The van der Waals surface area contributed by atoms with E-state index in [9.17, 15) is 0 Å². The first kappa shape index (κ1) is 77.1. The second kappa shape index (κ2) is 29.8. The first-order valence-corrected chi connectivity index (χ1v) is 3.00. The average molecular weight is 238 g/mol. The zero-order chi connectivity index (χ0) is 4.50.